The standard InChI is InChI=1S/C13H16BrN3O/c1-7-5-9(14)8(2)12(13(7)18-4)10-6-11(15)17(3)16-10/h5-6H,15H2,1-4H3. The number of methoxy groups -OCH3 is 1. The van der Waals surface area contributed by atoms with Gasteiger partial charge in [-0.25, -0.2) is 0 Å². The molecule has 0 atom stereocenters. The molecule has 1 aromatic carbocycles. The van der Waals surface area contributed by atoms with Gasteiger partial charge in [-0.15, -0.1) is 0 Å². The molecule has 2 N–H and O–H groups in total. The second kappa shape index (κ2) is 4.65. The van der Waals surface area contributed by atoms with E-state index in [1.54, 1.807) is 11.8 Å². The number of nitrogen functional groups attached to an aromatic ring is 1. The SMILES string of the molecule is COc1c(C)cc(Br)c(C)c1-c1cc(N)n(C)n1. The zero-order valence-corrected chi connectivity index (χ0v) is 12.5. The van der Waals surface area contributed by atoms with Crippen molar-refractivity contribution in [1.82, 2.24) is 9.78 Å². The van der Waals surface area contributed by atoms with Crippen LogP contribution >= 0.6 is 15.9 Å². The third-order valence-corrected chi connectivity index (χ3v) is 3.86. The number of halogens is 1. The molecular formula is C13H16BrN3O. The summed E-state index contributed by atoms with van der Waals surface area (Å²) in [6.45, 7) is 4.05. The molecule has 0 aliphatic heterocycles. The van der Waals surface area contributed by atoms with Crippen molar-refractivity contribution in [3.05, 3.63) is 27.7 Å². The first-order chi connectivity index (χ1) is 8.45. The van der Waals surface area contributed by atoms with Crippen molar-refractivity contribution < 1.29 is 4.74 Å². The Kier molecular flexibility index (Phi) is 3.34. The predicted molar refractivity (Wildman–Crippen MR) is 76.8 cm³/mol. The van der Waals surface area contributed by atoms with Gasteiger partial charge in [0.05, 0.1) is 12.8 Å². The first-order valence-electron chi connectivity index (χ1n) is 5.59. The predicted octanol–water partition coefficient (Wildman–Crippen LogP) is 3.06. The highest BCUT2D eigenvalue weighted by molar-refractivity contribution is 9.10. The molecule has 0 amide bonds. The lowest BCUT2D eigenvalue weighted by atomic mass is 10.0. The van der Waals surface area contributed by atoms with E-state index in [9.17, 15) is 0 Å². The lowest BCUT2D eigenvalue weighted by Gasteiger charge is -2.14. The Hall–Kier alpha value is -1.49. The number of nitrogens with zero attached hydrogens (tertiary/aromatic N) is 2. The second-order valence-electron chi connectivity index (χ2n) is 4.29. The van der Waals surface area contributed by atoms with Crippen LogP contribution in [0, 0.1) is 13.8 Å². The lowest BCUT2D eigenvalue weighted by molar-refractivity contribution is 0.413. The van der Waals surface area contributed by atoms with Gasteiger partial charge >= 0.3 is 0 Å². The number of rotatable bonds is 2. The minimum Gasteiger partial charge on any atom is -0.496 e. The molecule has 1 heterocycles. The number of ether oxygens (including phenoxy) is 1. The minimum atomic E-state index is 0.629. The van der Waals surface area contributed by atoms with E-state index >= 15 is 0 Å². The lowest BCUT2D eigenvalue weighted by Crippen LogP contribution is -1.98. The molecule has 0 aliphatic rings. The van der Waals surface area contributed by atoms with E-state index in [0.29, 0.717) is 5.82 Å². The number of anilines is 1. The summed E-state index contributed by atoms with van der Waals surface area (Å²) in [7, 11) is 3.50. The minimum absolute atomic E-state index is 0.629. The van der Waals surface area contributed by atoms with Crippen molar-refractivity contribution in [3.63, 3.8) is 0 Å². The van der Waals surface area contributed by atoms with E-state index in [4.69, 9.17) is 10.5 Å². The maximum atomic E-state index is 5.84. The van der Waals surface area contributed by atoms with Crippen LogP contribution < -0.4 is 10.5 Å². The van der Waals surface area contributed by atoms with Gasteiger partial charge in [0, 0.05) is 23.2 Å². The van der Waals surface area contributed by atoms with Crippen molar-refractivity contribution in [2.75, 3.05) is 12.8 Å². The summed E-state index contributed by atoms with van der Waals surface area (Å²) in [6, 6.07) is 3.90. The number of benzene rings is 1. The molecule has 0 unspecified atom stereocenters. The Bertz CT molecular complexity index is 585. The van der Waals surface area contributed by atoms with Gasteiger partial charge in [-0.1, -0.05) is 15.9 Å². The average molecular weight is 310 g/mol. The number of hydrogen-bond donors (Lipinski definition) is 1. The molecule has 2 aromatic rings. The summed E-state index contributed by atoms with van der Waals surface area (Å²) in [4.78, 5) is 0. The molecule has 0 bridgehead atoms. The smallest absolute Gasteiger partial charge is 0.131 e. The quantitative estimate of drug-likeness (QED) is 0.927. The Morgan fingerprint density at radius 3 is 2.50 bits per heavy atom. The molecule has 0 saturated carbocycles. The van der Waals surface area contributed by atoms with Crippen LogP contribution in [0.3, 0.4) is 0 Å². The van der Waals surface area contributed by atoms with Gasteiger partial charge in [0.15, 0.2) is 0 Å². The van der Waals surface area contributed by atoms with Crippen molar-refractivity contribution in [2.45, 2.75) is 13.8 Å². The molecule has 0 spiro atoms. The zero-order valence-electron chi connectivity index (χ0n) is 10.9. The molecule has 5 heteroatoms. The van der Waals surface area contributed by atoms with Gasteiger partial charge in [0.25, 0.3) is 0 Å². The highest BCUT2D eigenvalue weighted by Crippen LogP contribution is 2.39. The van der Waals surface area contributed by atoms with Crippen LogP contribution in [0.4, 0.5) is 5.82 Å². The van der Waals surface area contributed by atoms with E-state index in [1.165, 1.54) is 0 Å². The van der Waals surface area contributed by atoms with Crippen LogP contribution in [0.15, 0.2) is 16.6 Å². The number of aromatic nitrogens is 2. The first kappa shape index (κ1) is 13.0. The molecule has 0 aliphatic carbocycles. The summed E-state index contributed by atoms with van der Waals surface area (Å²) in [5.41, 5.74) is 9.81. The Morgan fingerprint density at radius 2 is 2.00 bits per heavy atom. The second-order valence-corrected chi connectivity index (χ2v) is 5.14. The molecule has 2 rings (SSSR count). The molecule has 96 valence electrons. The molecule has 0 fully saturated rings. The van der Waals surface area contributed by atoms with Crippen LogP contribution in [0.1, 0.15) is 11.1 Å². The fraction of sp³-hybridized carbons (Fsp3) is 0.308. The summed E-state index contributed by atoms with van der Waals surface area (Å²) in [6.07, 6.45) is 0. The van der Waals surface area contributed by atoms with Crippen molar-refractivity contribution in [2.24, 2.45) is 7.05 Å². The maximum Gasteiger partial charge on any atom is 0.131 e. The van der Waals surface area contributed by atoms with Crippen molar-refractivity contribution in [1.29, 1.82) is 0 Å². The maximum absolute atomic E-state index is 5.84. The largest absolute Gasteiger partial charge is 0.496 e. The first-order valence-corrected chi connectivity index (χ1v) is 6.38. The van der Waals surface area contributed by atoms with Gasteiger partial charge in [-0.2, -0.15) is 5.10 Å². The third-order valence-electron chi connectivity index (χ3n) is 3.04. The highest BCUT2D eigenvalue weighted by atomic mass is 79.9. The topological polar surface area (TPSA) is 53.1 Å². The summed E-state index contributed by atoms with van der Waals surface area (Å²) < 4.78 is 8.20. The van der Waals surface area contributed by atoms with Gasteiger partial charge in [-0.05, 0) is 31.0 Å². The van der Waals surface area contributed by atoms with Gasteiger partial charge in [0.1, 0.15) is 11.6 Å². The highest BCUT2D eigenvalue weighted by Gasteiger charge is 2.17. The Morgan fingerprint density at radius 1 is 1.33 bits per heavy atom. The summed E-state index contributed by atoms with van der Waals surface area (Å²) >= 11 is 3.56. The monoisotopic (exact) mass is 309 g/mol. The molecule has 0 saturated heterocycles. The molecule has 0 radical (unpaired) electrons. The molecule has 4 nitrogen and oxygen atoms in total. The summed E-state index contributed by atoms with van der Waals surface area (Å²) in [5, 5.41) is 4.42. The van der Waals surface area contributed by atoms with Crippen LogP contribution in [-0.2, 0) is 7.05 Å². The number of nitrogens with two attached hydrogens (primary N) is 1. The zero-order chi connectivity index (χ0) is 13.4. The van der Waals surface area contributed by atoms with Crippen LogP contribution in [0.2, 0.25) is 0 Å². The number of hydrogen-bond acceptors (Lipinski definition) is 3. The Balaban J connectivity index is 2.76. The van der Waals surface area contributed by atoms with Crippen molar-refractivity contribution in [3.8, 4) is 17.0 Å². The van der Waals surface area contributed by atoms with E-state index in [0.717, 1.165) is 32.6 Å². The normalized spacial score (nSPS) is 10.7. The van der Waals surface area contributed by atoms with E-state index in [2.05, 4.69) is 21.0 Å². The summed E-state index contributed by atoms with van der Waals surface area (Å²) in [5.74, 6) is 1.47. The third kappa shape index (κ3) is 1.99. The van der Waals surface area contributed by atoms with E-state index in [1.807, 2.05) is 33.0 Å². The van der Waals surface area contributed by atoms with Gasteiger partial charge in [-0.3, -0.25) is 4.68 Å². The Labute approximate surface area is 115 Å². The molecule has 18 heavy (non-hydrogen) atoms. The van der Waals surface area contributed by atoms with E-state index < -0.39 is 0 Å². The van der Waals surface area contributed by atoms with E-state index in [-0.39, 0.29) is 0 Å². The number of aryl methyl sites for hydroxylation is 2. The fourth-order valence-corrected chi connectivity index (χ4v) is 2.57. The van der Waals surface area contributed by atoms with Crippen molar-refractivity contribution >= 4 is 21.7 Å². The fourth-order valence-electron chi connectivity index (χ4n) is 2.03. The van der Waals surface area contributed by atoms with Crippen LogP contribution in [0.5, 0.6) is 5.75 Å². The average Bonchev–Trinajstić information content (AvgIpc) is 2.63. The van der Waals surface area contributed by atoms with Gasteiger partial charge in [0.2, 0.25) is 0 Å². The molecular weight excluding hydrogens is 294 g/mol. The van der Waals surface area contributed by atoms with Crippen LogP contribution in [-0.4, -0.2) is 16.9 Å². The van der Waals surface area contributed by atoms with Crippen LogP contribution in [0.25, 0.3) is 11.3 Å². The van der Waals surface area contributed by atoms with Gasteiger partial charge < -0.3 is 10.5 Å². The molecule has 1 aromatic heterocycles.